The molecule has 0 unspecified atom stereocenters. The Bertz CT molecular complexity index is 648. The summed E-state index contributed by atoms with van der Waals surface area (Å²) in [5.74, 6) is 1.31. The average Bonchev–Trinajstić information content (AvgIpc) is 2.42. The summed E-state index contributed by atoms with van der Waals surface area (Å²) < 4.78 is 25.6. The van der Waals surface area contributed by atoms with Crippen molar-refractivity contribution in [2.45, 2.75) is 69.4 Å². The zero-order chi connectivity index (χ0) is 17.9. The molecule has 1 aliphatic heterocycles. The second-order valence-corrected chi connectivity index (χ2v) is 11.2. The van der Waals surface area contributed by atoms with Crippen molar-refractivity contribution in [3.63, 3.8) is 0 Å². The lowest BCUT2D eigenvalue weighted by Gasteiger charge is -2.60. The zero-order valence-electron chi connectivity index (χ0n) is 15.0. The van der Waals surface area contributed by atoms with Crippen molar-refractivity contribution in [2.24, 2.45) is 17.3 Å². The number of amides is 1. The smallest absolute Gasteiger partial charge is 0.223 e. The summed E-state index contributed by atoms with van der Waals surface area (Å²) in [5.41, 5.74) is -0.556. The number of carbonyl (C=O) groups excluding carboxylic acids is 1. The van der Waals surface area contributed by atoms with E-state index in [0.717, 1.165) is 44.9 Å². The molecule has 0 spiro atoms. The standard InChI is InChI=1S/C18H30N2O4S/c1-25(23,24)19-15-3-2-4-20(11-15)16(21)10-17-6-13-5-14(7-17)9-18(22,8-13)12-17/h13-15,19,22H,2-12H2,1H3/t13-,14-,15+,17?,18?/m1/s1. The van der Waals surface area contributed by atoms with Gasteiger partial charge in [0.25, 0.3) is 0 Å². The molecule has 25 heavy (non-hydrogen) atoms. The van der Waals surface area contributed by atoms with Gasteiger partial charge < -0.3 is 10.0 Å². The van der Waals surface area contributed by atoms with Crippen LogP contribution in [0.3, 0.4) is 0 Å². The van der Waals surface area contributed by atoms with Crippen LogP contribution >= 0.6 is 0 Å². The van der Waals surface area contributed by atoms with E-state index in [1.54, 1.807) is 0 Å². The second-order valence-electron chi connectivity index (χ2n) is 9.43. The Kier molecular flexibility index (Phi) is 4.20. The van der Waals surface area contributed by atoms with Crippen molar-refractivity contribution in [1.29, 1.82) is 0 Å². The van der Waals surface area contributed by atoms with Gasteiger partial charge in [-0.05, 0) is 68.6 Å². The van der Waals surface area contributed by atoms with Gasteiger partial charge >= 0.3 is 0 Å². The molecule has 2 N–H and O–H groups in total. The van der Waals surface area contributed by atoms with E-state index in [1.807, 2.05) is 4.90 Å². The molecule has 5 fully saturated rings. The van der Waals surface area contributed by atoms with Crippen LogP contribution in [-0.4, -0.2) is 55.3 Å². The van der Waals surface area contributed by atoms with E-state index >= 15 is 0 Å². The Morgan fingerprint density at radius 3 is 2.52 bits per heavy atom. The number of aliphatic hydroxyl groups is 1. The SMILES string of the molecule is CS(=O)(=O)N[C@H]1CCCN(C(=O)CC23C[C@H]4C[C@@H](CC(O)(C4)C2)C3)C1. The molecular weight excluding hydrogens is 340 g/mol. The van der Waals surface area contributed by atoms with Crippen LogP contribution < -0.4 is 4.72 Å². The van der Waals surface area contributed by atoms with Crippen molar-refractivity contribution in [1.82, 2.24) is 9.62 Å². The Balaban J connectivity index is 1.42. The number of nitrogens with zero attached hydrogens (tertiary/aromatic N) is 1. The molecule has 3 atom stereocenters. The molecule has 1 amide bonds. The van der Waals surface area contributed by atoms with E-state index in [4.69, 9.17) is 0 Å². The van der Waals surface area contributed by atoms with Crippen LogP contribution in [0.15, 0.2) is 0 Å². The molecule has 0 aromatic heterocycles. The predicted octanol–water partition coefficient (Wildman–Crippen LogP) is 1.25. The Labute approximate surface area is 150 Å². The van der Waals surface area contributed by atoms with Gasteiger partial charge in [0.1, 0.15) is 0 Å². The number of hydrogen-bond acceptors (Lipinski definition) is 4. The van der Waals surface area contributed by atoms with E-state index in [1.165, 1.54) is 12.7 Å². The van der Waals surface area contributed by atoms with Crippen molar-refractivity contribution >= 4 is 15.9 Å². The van der Waals surface area contributed by atoms with Gasteiger partial charge in [-0.15, -0.1) is 0 Å². The zero-order valence-corrected chi connectivity index (χ0v) is 15.9. The minimum absolute atomic E-state index is 0.0207. The summed E-state index contributed by atoms with van der Waals surface area (Å²) in [6.45, 7) is 1.19. The molecule has 5 rings (SSSR count). The van der Waals surface area contributed by atoms with E-state index in [-0.39, 0.29) is 17.4 Å². The van der Waals surface area contributed by atoms with Crippen LogP contribution in [0.1, 0.15) is 57.8 Å². The van der Waals surface area contributed by atoms with E-state index in [9.17, 15) is 18.3 Å². The number of nitrogens with one attached hydrogen (secondary N) is 1. The van der Waals surface area contributed by atoms with Gasteiger partial charge in [0.05, 0.1) is 11.9 Å². The van der Waals surface area contributed by atoms with Crippen LogP contribution in [0.25, 0.3) is 0 Å². The Morgan fingerprint density at radius 2 is 1.92 bits per heavy atom. The summed E-state index contributed by atoms with van der Waals surface area (Å²) in [6.07, 6.45) is 9.31. The molecule has 4 saturated carbocycles. The lowest BCUT2D eigenvalue weighted by atomic mass is 9.47. The first-order valence-electron chi connectivity index (χ1n) is 9.61. The molecule has 4 aliphatic carbocycles. The second kappa shape index (κ2) is 5.92. The molecule has 0 aromatic carbocycles. The van der Waals surface area contributed by atoms with E-state index in [0.29, 0.717) is 31.3 Å². The van der Waals surface area contributed by atoms with Crippen LogP contribution in [0.5, 0.6) is 0 Å². The van der Waals surface area contributed by atoms with Crippen molar-refractivity contribution in [3.05, 3.63) is 0 Å². The summed E-state index contributed by atoms with van der Waals surface area (Å²) in [4.78, 5) is 14.8. The van der Waals surface area contributed by atoms with Gasteiger partial charge in [0.15, 0.2) is 0 Å². The third kappa shape index (κ3) is 3.74. The number of carbonyl (C=O) groups is 1. The first-order valence-corrected chi connectivity index (χ1v) is 11.5. The van der Waals surface area contributed by atoms with Crippen molar-refractivity contribution in [3.8, 4) is 0 Å². The normalized spacial score (nSPS) is 43.4. The third-order valence-corrected chi connectivity index (χ3v) is 7.59. The van der Waals surface area contributed by atoms with Crippen LogP contribution in [0.2, 0.25) is 0 Å². The van der Waals surface area contributed by atoms with E-state index < -0.39 is 15.6 Å². The van der Waals surface area contributed by atoms with Gasteiger partial charge in [0.2, 0.25) is 15.9 Å². The van der Waals surface area contributed by atoms with Crippen LogP contribution in [0.4, 0.5) is 0 Å². The molecule has 142 valence electrons. The maximum Gasteiger partial charge on any atom is 0.223 e. The molecule has 5 aliphatic rings. The highest BCUT2D eigenvalue weighted by Gasteiger charge is 2.57. The molecule has 1 saturated heterocycles. The number of sulfonamides is 1. The van der Waals surface area contributed by atoms with Crippen LogP contribution in [0, 0.1) is 17.3 Å². The van der Waals surface area contributed by atoms with Gasteiger partial charge in [-0.25, -0.2) is 13.1 Å². The fourth-order valence-electron chi connectivity index (χ4n) is 6.64. The van der Waals surface area contributed by atoms with Gasteiger partial charge in [-0.3, -0.25) is 4.79 Å². The Hall–Kier alpha value is -0.660. The molecule has 4 bridgehead atoms. The molecule has 0 radical (unpaired) electrons. The minimum atomic E-state index is -3.25. The predicted molar refractivity (Wildman–Crippen MR) is 94.3 cm³/mol. The van der Waals surface area contributed by atoms with Crippen LogP contribution in [-0.2, 0) is 14.8 Å². The molecule has 6 nitrogen and oxygen atoms in total. The monoisotopic (exact) mass is 370 g/mol. The summed E-state index contributed by atoms with van der Waals surface area (Å²) >= 11 is 0. The average molecular weight is 371 g/mol. The topological polar surface area (TPSA) is 86.7 Å². The van der Waals surface area contributed by atoms with Crippen molar-refractivity contribution < 1.29 is 18.3 Å². The first kappa shape index (κ1) is 17.7. The van der Waals surface area contributed by atoms with E-state index in [2.05, 4.69) is 4.72 Å². The van der Waals surface area contributed by atoms with Gasteiger partial charge in [0, 0.05) is 25.6 Å². The van der Waals surface area contributed by atoms with Gasteiger partial charge in [-0.1, -0.05) is 0 Å². The maximum absolute atomic E-state index is 13.0. The highest BCUT2D eigenvalue weighted by molar-refractivity contribution is 7.88. The summed E-state index contributed by atoms with van der Waals surface area (Å²) in [5, 5.41) is 10.9. The number of rotatable bonds is 4. The fraction of sp³-hybridized carbons (Fsp3) is 0.944. The first-order chi connectivity index (χ1) is 11.6. The number of piperidine rings is 1. The summed E-state index contributed by atoms with van der Waals surface area (Å²) in [7, 11) is -3.25. The number of hydrogen-bond donors (Lipinski definition) is 2. The molecule has 0 aromatic rings. The molecule has 1 heterocycles. The third-order valence-electron chi connectivity index (χ3n) is 6.83. The maximum atomic E-state index is 13.0. The molecule has 7 heteroatoms. The van der Waals surface area contributed by atoms with Crippen molar-refractivity contribution in [2.75, 3.05) is 19.3 Å². The lowest BCUT2D eigenvalue weighted by Crippen LogP contribution is -2.57. The number of likely N-dealkylation sites (tertiary alicyclic amines) is 1. The largest absolute Gasteiger partial charge is 0.390 e. The van der Waals surface area contributed by atoms with Gasteiger partial charge in [-0.2, -0.15) is 0 Å². The fourth-order valence-corrected chi connectivity index (χ4v) is 7.44. The highest BCUT2D eigenvalue weighted by atomic mass is 32.2. The quantitative estimate of drug-likeness (QED) is 0.780. The molecular formula is C18H30N2O4S. The minimum Gasteiger partial charge on any atom is -0.390 e. The Morgan fingerprint density at radius 1 is 1.24 bits per heavy atom. The lowest BCUT2D eigenvalue weighted by molar-refractivity contribution is -0.172. The highest BCUT2D eigenvalue weighted by Crippen LogP contribution is 2.62. The summed E-state index contributed by atoms with van der Waals surface area (Å²) in [6, 6.07) is -0.173.